The second-order valence-corrected chi connectivity index (χ2v) is 4.43. The first kappa shape index (κ1) is 15.3. The van der Waals surface area contributed by atoms with Crippen LogP contribution in [-0.2, 0) is 14.9 Å². The van der Waals surface area contributed by atoms with E-state index < -0.39 is 16.1 Å². The lowest BCUT2D eigenvalue weighted by Crippen LogP contribution is -1.96. The fourth-order valence-electron chi connectivity index (χ4n) is 0.818. The average Bonchev–Trinajstić information content (AvgIpc) is 2.27. The van der Waals surface area contributed by atoms with Gasteiger partial charge in [-0.25, -0.2) is 0 Å². The van der Waals surface area contributed by atoms with Crippen LogP contribution >= 0.6 is 0 Å². The maximum Gasteiger partial charge on any atom is 0.303 e. The molecule has 1 aromatic carbocycles. The topological polar surface area (TPSA) is 91.7 Å². The number of carboxylic acids is 1. The summed E-state index contributed by atoms with van der Waals surface area (Å²) < 4.78 is 29.2. The van der Waals surface area contributed by atoms with Gasteiger partial charge < -0.3 is 5.11 Å². The number of rotatable bonds is 4. The molecule has 0 aromatic heterocycles. The highest BCUT2D eigenvalue weighted by molar-refractivity contribution is 7.85. The summed E-state index contributed by atoms with van der Waals surface area (Å²) in [6, 6.07) is 7.42. The Bertz CT molecular complexity index is 450. The Balaban J connectivity index is 0.000000325. The predicted molar refractivity (Wildman–Crippen MR) is 63.3 cm³/mol. The van der Waals surface area contributed by atoms with E-state index in [0.29, 0.717) is 6.42 Å². The summed E-state index contributed by atoms with van der Waals surface area (Å²) in [6.07, 6.45) is 2.35. The summed E-state index contributed by atoms with van der Waals surface area (Å²) in [5.74, 6) is -0.764. The standard InChI is InChI=1S/C6H6O3S.C5H8O2/c7-10(8,9)6-4-2-1-3-5-6;1-2-3-4-5(6)7/h1-5H,(H,7,8,9);2H,1,3-4H2,(H,6,7). The van der Waals surface area contributed by atoms with Crippen molar-refractivity contribution in [3.8, 4) is 0 Å². The molecule has 0 aliphatic carbocycles. The van der Waals surface area contributed by atoms with Crippen LogP contribution in [0.25, 0.3) is 0 Å². The molecule has 94 valence electrons. The van der Waals surface area contributed by atoms with Gasteiger partial charge in [0.15, 0.2) is 0 Å². The van der Waals surface area contributed by atoms with Gasteiger partial charge in [-0.3, -0.25) is 9.35 Å². The minimum atomic E-state index is -4.00. The maximum atomic E-state index is 10.4. The number of hydrogen-bond acceptors (Lipinski definition) is 3. The lowest BCUT2D eigenvalue weighted by atomic mass is 10.3. The predicted octanol–water partition coefficient (Wildman–Crippen LogP) is 1.97. The van der Waals surface area contributed by atoms with Crippen molar-refractivity contribution in [1.82, 2.24) is 0 Å². The maximum absolute atomic E-state index is 10.4. The summed E-state index contributed by atoms with van der Waals surface area (Å²) in [5, 5.41) is 8.00. The first-order valence-electron chi connectivity index (χ1n) is 4.73. The van der Waals surface area contributed by atoms with Gasteiger partial charge in [-0.05, 0) is 18.6 Å². The first-order valence-corrected chi connectivity index (χ1v) is 6.17. The fourth-order valence-corrected chi connectivity index (χ4v) is 1.32. The van der Waals surface area contributed by atoms with Crippen molar-refractivity contribution in [1.29, 1.82) is 0 Å². The van der Waals surface area contributed by atoms with Gasteiger partial charge in [-0.15, -0.1) is 6.58 Å². The van der Waals surface area contributed by atoms with E-state index in [1.54, 1.807) is 24.3 Å². The van der Waals surface area contributed by atoms with Crippen molar-refractivity contribution in [2.24, 2.45) is 0 Å². The van der Waals surface area contributed by atoms with E-state index in [-0.39, 0.29) is 11.3 Å². The minimum absolute atomic E-state index is 0.0741. The molecule has 0 amide bonds. The number of benzene rings is 1. The van der Waals surface area contributed by atoms with Crippen molar-refractivity contribution in [2.75, 3.05) is 0 Å². The molecule has 1 aromatic rings. The highest BCUT2D eigenvalue weighted by Gasteiger charge is 2.05. The summed E-state index contributed by atoms with van der Waals surface area (Å²) >= 11 is 0. The zero-order chi connectivity index (χ0) is 13.3. The Hall–Kier alpha value is -1.66. The molecule has 0 atom stereocenters. The second-order valence-electron chi connectivity index (χ2n) is 3.01. The SMILES string of the molecule is C=CCCC(=O)O.O=S(=O)(O)c1ccccc1. The zero-order valence-corrected chi connectivity index (χ0v) is 9.93. The van der Waals surface area contributed by atoms with Crippen molar-refractivity contribution >= 4 is 16.1 Å². The number of carbonyl (C=O) groups is 1. The molecule has 6 heteroatoms. The highest BCUT2D eigenvalue weighted by Crippen LogP contribution is 2.05. The minimum Gasteiger partial charge on any atom is -0.481 e. The summed E-state index contributed by atoms with van der Waals surface area (Å²) in [5.41, 5.74) is 0. The van der Waals surface area contributed by atoms with Crippen LogP contribution < -0.4 is 0 Å². The summed E-state index contributed by atoms with van der Waals surface area (Å²) in [7, 11) is -4.00. The molecule has 0 radical (unpaired) electrons. The Morgan fingerprint density at radius 1 is 1.29 bits per heavy atom. The number of allylic oxidation sites excluding steroid dienone is 1. The van der Waals surface area contributed by atoms with Gasteiger partial charge in [-0.2, -0.15) is 8.42 Å². The number of aliphatic carboxylic acids is 1. The molecule has 0 saturated carbocycles. The molecule has 0 aliphatic heterocycles. The van der Waals surface area contributed by atoms with E-state index >= 15 is 0 Å². The Morgan fingerprint density at radius 3 is 2.06 bits per heavy atom. The third-order valence-electron chi connectivity index (χ3n) is 1.60. The van der Waals surface area contributed by atoms with Crippen molar-refractivity contribution in [2.45, 2.75) is 17.7 Å². The molecule has 0 fully saturated rings. The van der Waals surface area contributed by atoms with Crippen molar-refractivity contribution in [3.05, 3.63) is 43.0 Å². The summed E-state index contributed by atoms with van der Waals surface area (Å²) in [4.78, 5) is 9.64. The Kier molecular flexibility index (Phi) is 6.85. The molecule has 0 saturated heterocycles. The molecule has 0 heterocycles. The van der Waals surface area contributed by atoms with Gasteiger partial charge in [0.25, 0.3) is 10.1 Å². The normalized spacial score (nSPS) is 9.94. The van der Waals surface area contributed by atoms with Gasteiger partial charge in [0, 0.05) is 6.42 Å². The molecule has 2 N–H and O–H groups in total. The van der Waals surface area contributed by atoms with E-state index in [9.17, 15) is 13.2 Å². The van der Waals surface area contributed by atoms with E-state index in [4.69, 9.17) is 9.66 Å². The molecule has 5 nitrogen and oxygen atoms in total. The van der Waals surface area contributed by atoms with Gasteiger partial charge in [0.2, 0.25) is 0 Å². The van der Waals surface area contributed by atoms with E-state index in [1.807, 2.05) is 0 Å². The quantitative estimate of drug-likeness (QED) is 0.636. The summed E-state index contributed by atoms with van der Waals surface area (Å²) in [6.45, 7) is 3.37. The molecule has 17 heavy (non-hydrogen) atoms. The van der Waals surface area contributed by atoms with E-state index in [2.05, 4.69) is 6.58 Å². The van der Waals surface area contributed by atoms with Crippen molar-refractivity contribution in [3.63, 3.8) is 0 Å². The van der Waals surface area contributed by atoms with Crippen LogP contribution in [0.1, 0.15) is 12.8 Å². The zero-order valence-electron chi connectivity index (χ0n) is 9.11. The average molecular weight is 258 g/mol. The molecule has 0 bridgehead atoms. The van der Waals surface area contributed by atoms with Gasteiger partial charge in [-0.1, -0.05) is 24.3 Å². The van der Waals surface area contributed by atoms with E-state index in [1.165, 1.54) is 12.1 Å². The molecule has 0 aliphatic rings. The van der Waals surface area contributed by atoms with Crippen molar-refractivity contribution < 1.29 is 22.9 Å². The Labute approximate surface area is 100 Å². The highest BCUT2D eigenvalue weighted by atomic mass is 32.2. The number of carboxylic acid groups (broad SMARTS) is 1. The first-order chi connectivity index (χ1) is 7.88. The van der Waals surface area contributed by atoms with Crippen LogP contribution in [0.2, 0.25) is 0 Å². The van der Waals surface area contributed by atoms with Gasteiger partial charge in [0.1, 0.15) is 0 Å². The van der Waals surface area contributed by atoms with E-state index in [0.717, 1.165) is 0 Å². The van der Waals surface area contributed by atoms with Crippen LogP contribution in [0, 0.1) is 0 Å². The molecule has 1 rings (SSSR count). The lowest BCUT2D eigenvalue weighted by molar-refractivity contribution is -0.136. The molecular weight excluding hydrogens is 244 g/mol. The fraction of sp³-hybridized carbons (Fsp3) is 0.182. The molecular formula is C11H14O5S. The third kappa shape index (κ3) is 8.18. The second kappa shape index (κ2) is 7.59. The lowest BCUT2D eigenvalue weighted by Gasteiger charge is -1.92. The van der Waals surface area contributed by atoms with Crippen LogP contribution in [-0.4, -0.2) is 24.0 Å². The monoisotopic (exact) mass is 258 g/mol. The third-order valence-corrected chi connectivity index (χ3v) is 2.47. The van der Waals surface area contributed by atoms with Crippen LogP contribution in [0.5, 0.6) is 0 Å². The van der Waals surface area contributed by atoms with Crippen LogP contribution in [0.3, 0.4) is 0 Å². The molecule has 0 unspecified atom stereocenters. The smallest absolute Gasteiger partial charge is 0.303 e. The molecule has 0 spiro atoms. The van der Waals surface area contributed by atoms with Crippen LogP contribution in [0.4, 0.5) is 0 Å². The largest absolute Gasteiger partial charge is 0.481 e. The van der Waals surface area contributed by atoms with Crippen LogP contribution in [0.15, 0.2) is 47.9 Å². The van der Waals surface area contributed by atoms with Gasteiger partial charge in [0.05, 0.1) is 4.90 Å². The number of hydrogen-bond donors (Lipinski definition) is 2. The van der Waals surface area contributed by atoms with Gasteiger partial charge >= 0.3 is 5.97 Å². The Morgan fingerprint density at radius 2 is 1.82 bits per heavy atom.